The molecule has 3 aliphatic rings. The van der Waals surface area contributed by atoms with Gasteiger partial charge in [0.05, 0.1) is 10.5 Å². The predicted octanol–water partition coefficient (Wildman–Crippen LogP) is 4.96. The molecule has 1 aromatic rings. The first-order valence-electron chi connectivity index (χ1n) is 10.5. The Labute approximate surface area is 186 Å². The van der Waals surface area contributed by atoms with E-state index in [0.717, 1.165) is 36.4 Å². The van der Waals surface area contributed by atoms with Gasteiger partial charge in [-0.25, -0.2) is 13.4 Å². The number of nitriles is 1. The summed E-state index contributed by atoms with van der Waals surface area (Å²) in [4.78, 5) is 6.70. The molecule has 0 unspecified atom stereocenters. The van der Waals surface area contributed by atoms with Crippen LogP contribution in [-0.4, -0.2) is 44.6 Å². The number of aromatic nitrogens is 1. The molecule has 0 atom stereocenters. The van der Waals surface area contributed by atoms with E-state index in [0.29, 0.717) is 6.42 Å². The monoisotopic (exact) mass is 465 g/mol. The van der Waals surface area contributed by atoms with Crippen LogP contribution in [0.25, 0.3) is 0 Å². The van der Waals surface area contributed by atoms with Crippen molar-refractivity contribution in [1.29, 1.82) is 5.26 Å². The van der Waals surface area contributed by atoms with Crippen LogP contribution in [0.4, 0.5) is 13.2 Å². The maximum atomic E-state index is 13.3. The molecule has 0 spiro atoms. The molecule has 2 heterocycles. The van der Waals surface area contributed by atoms with E-state index in [2.05, 4.69) is 35.9 Å². The first-order chi connectivity index (χ1) is 15.1. The molecule has 0 N–H and O–H groups in total. The van der Waals surface area contributed by atoms with Gasteiger partial charge in [-0.1, -0.05) is 32.4 Å². The van der Waals surface area contributed by atoms with Crippen molar-refractivity contribution in [2.75, 3.05) is 19.6 Å². The molecule has 1 aliphatic heterocycles. The Morgan fingerprint density at radius 1 is 1.19 bits per heavy atom. The number of rotatable bonds is 5. The number of alkyl halides is 3. The van der Waals surface area contributed by atoms with E-state index >= 15 is 0 Å². The zero-order chi connectivity index (χ0) is 23.5. The molecular formula is C23H26F3N3O2S. The van der Waals surface area contributed by atoms with Crippen molar-refractivity contribution in [3.63, 3.8) is 0 Å². The molecule has 2 bridgehead atoms. The van der Waals surface area contributed by atoms with Crippen LogP contribution in [0.1, 0.15) is 39.5 Å². The van der Waals surface area contributed by atoms with E-state index in [4.69, 9.17) is 0 Å². The molecule has 5 nitrogen and oxygen atoms in total. The first-order valence-corrected chi connectivity index (χ1v) is 12.0. The van der Waals surface area contributed by atoms with Crippen LogP contribution in [0, 0.1) is 16.7 Å². The summed E-state index contributed by atoms with van der Waals surface area (Å²) in [5.41, 5.74) is 2.79. The number of halogens is 3. The van der Waals surface area contributed by atoms with E-state index in [1.165, 1.54) is 31.5 Å². The third-order valence-corrected chi connectivity index (χ3v) is 7.70. The smallest absolute Gasteiger partial charge is 0.302 e. The van der Waals surface area contributed by atoms with Crippen LogP contribution in [-0.2, 0) is 9.84 Å². The molecule has 4 rings (SSSR count). The lowest BCUT2D eigenvalue weighted by Gasteiger charge is -2.36. The van der Waals surface area contributed by atoms with Crippen LogP contribution in [0.3, 0.4) is 0 Å². The second kappa shape index (κ2) is 9.59. The van der Waals surface area contributed by atoms with Gasteiger partial charge in [0.1, 0.15) is 6.07 Å². The third kappa shape index (κ3) is 4.97. The van der Waals surface area contributed by atoms with Gasteiger partial charge in [-0.05, 0) is 54.8 Å². The molecule has 1 aromatic heterocycles. The van der Waals surface area contributed by atoms with Crippen molar-refractivity contribution in [1.82, 2.24) is 9.88 Å². The molecule has 1 saturated heterocycles. The number of pyridine rings is 1. The van der Waals surface area contributed by atoms with E-state index in [9.17, 15) is 26.9 Å². The minimum absolute atomic E-state index is 0.00610. The molecule has 9 heteroatoms. The van der Waals surface area contributed by atoms with Gasteiger partial charge < -0.3 is 4.90 Å². The van der Waals surface area contributed by atoms with Gasteiger partial charge in [-0.3, -0.25) is 0 Å². The summed E-state index contributed by atoms with van der Waals surface area (Å²) < 4.78 is 55.6. The van der Waals surface area contributed by atoms with Crippen molar-refractivity contribution < 1.29 is 21.6 Å². The molecular weight excluding hydrogens is 439 g/mol. The molecule has 2 aliphatic carbocycles. The van der Waals surface area contributed by atoms with Crippen molar-refractivity contribution in [3.8, 4) is 6.07 Å². The molecule has 0 saturated carbocycles. The highest BCUT2D eigenvalue weighted by Crippen LogP contribution is 2.51. The molecule has 0 amide bonds. The third-order valence-electron chi connectivity index (χ3n) is 5.92. The van der Waals surface area contributed by atoms with Crippen molar-refractivity contribution in [2.24, 2.45) is 5.41 Å². The Morgan fingerprint density at radius 2 is 1.84 bits per heavy atom. The molecule has 1 fully saturated rings. The van der Waals surface area contributed by atoms with E-state index in [1.807, 2.05) is 0 Å². The number of fused-ring (bicyclic) bond motifs is 2. The summed E-state index contributed by atoms with van der Waals surface area (Å²) in [6.07, 6.45) is 7.79. The average molecular weight is 466 g/mol. The van der Waals surface area contributed by atoms with Gasteiger partial charge in [0, 0.05) is 24.6 Å². The first kappa shape index (κ1) is 24.2. The zero-order valence-electron chi connectivity index (χ0n) is 18.1. The number of hydrogen-bond acceptors (Lipinski definition) is 5. The van der Waals surface area contributed by atoms with Crippen LogP contribution < -0.4 is 0 Å². The summed E-state index contributed by atoms with van der Waals surface area (Å²) in [5, 5.41) is 9.66. The second-order valence-corrected chi connectivity index (χ2v) is 10.5. The molecule has 0 aromatic carbocycles. The highest BCUT2D eigenvalue weighted by atomic mass is 32.2. The Morgan fingerprint density at radius 3 is 2.41 bits per heavy atom. The fraction of sp³-hybridized carbons (Fsp3) is 0.478. The Bertz CT molecular complexity index is 1090. The van der Waals surface area contributed by atoms with Crippen LogP contribution in [0.2, 0.25) is 0 Å². The molecule has 172 valence electrons. The van der Waals surface area contributed by atoms with Crippen LogP contribution >= 0.6 is 0 Å². The van der Waals surface area contributed by atoms with Gasteiger partial charge in [0.15, 0.2) is 5.03 Å². The highest BCUT2D eigenvalue weighted by Gasteiger charge is 2.43. The zero-order valence-corrected chi connectivity index (χ0v) is 18.9. The normalized spacial score (nSPS) is 19.1. The summed E-state index contributed by atoms with van der Waals surface area (Å²) in [5.74, 6) is 0. The lowest BCUT2D eigenvalue weighted by molar-refractivity contribution is 0.00819. The average Bonchev–Trinajstić information content (AvgIpc) is 3.34. The maximum Gasteiger partial charge on any atom is 0.379 e. The van der Waals surface area contributed by atoms with E-state index < -0.39 is 16.5 Å². The number of sulfone groups is 1. The van der Waals surface area contributed by atoms with Crippen molar-refractivity contribution >= 4 is 9.84 Å². The second-order valence-electron chi connectivity index (χ2n) is 8.69. The van der Waals surface area contributed by atoms with E-state index in [-0.39, 0.29) is 20.9 Å². The lowest BCUT2D eigenvalue weighted by atomic mass is 9.80. The molecule has 32 heavy (non-hydrogen) atoms. The summed E-state index contributed by atoms with van der Waals surface area (Å²) in [6.45, 7) is 3.79. The number of nitrogens with zero attached hydrogens (tertiary/aromatic N) is 3. The van der Waals surface area contributed by atoms with Gasteiger partial charge >= 0.3 is 6.68 Å². The van der Waals surface area contributed by atoms with Crippen molar-refractivity contribution in [2.45, 2.75) is 51.2 Å². The Kier molecular flexibility index (Phi) is 7.25. The standard InChI is InChI=1S/C22H25N3O2S.CHF3/c1-22(2,15-25-10-6-3-7-11-25)19-13-16-12-17(19)21(18(16)14-23)28(26,27)20-8-4-5-9-24-20;2-1(3)4/h4-5,8-9,13H,3,6-7,10-12,15H2,1-2H3;1H. The maximum absolute atomic E-state index is 13.3. The van der Waals surface area contributed by atoms with Gasteiger partial charge in [-0.15, -0.1) is 0 Å². The summed E-state index contributed by atoms with van der Waals surface area (Å²) >= 11 is 0. The number of allylic oxidation sites excluding steroid dienone is 4. The van der Waals surface area contributed by atoms with Crippen LogP contribution in [0.15, 0.2) is 62.7 Å². The summed E-state index contributed by atoms with van der Waals surface area (Å²) in [6, 6.07) is 6.98. The largest absolute Gasteiger partial charge is 0.379 e. The number of hydrogen-bond donors (Lipinski definition) is 0. The van der Waals surface area contributed by atoms with Crippen LogP contribution in [0.5, 0.6) is 0 Å². The minimum Gasteiger partial charge on any atom is -0.302 e. The number of piperidine rings is 1. The number of likely N-dealkylation sites (tertiary alicyclic amines) is 1. The predicted molar refractivity (Wildman–Crippen MR) is 115 cm³/mol. The van der Waals surface area contributed by atoms with Gasteiger partial charge in [0.25, 0.3) is 0 Å². The quantitative estimate of drug-likeness (QED) is 0.614. The fourth-order valence-corrected chi connectivity index (χ4v) is 6.27. The Hall–Kier alpha value is -2.44. The van der Waals surface area contributed by atoms with Gasteiger partial charge in [-0.2, -0.15) is 18.4 Å². The highest BCUT2D eigenvalue weighted by molar-refractivity contribution is 7.95. The summed E-state index contributed by atoms with van der Waals surface area (Å²) in [7, 11) is -3.82. The van der Waals surface area contributed by atoms with E-state index in [1.54, 1.807) is 12.1 Å². The molecule has 0 radical (unpaired) electrons. The van der Waals surface area contributed by atoms with Crippen molar-refractivity contribution in [3.05, 3.63) is 57.7 Å². The Balaban J connectivity index is 0.000000668. The van der Waals surface area contributed by atoms with Gasteiger partial charge in [0.2, 0.25) is 9.84 Å². The minimum atomic E-state index is -3.82. The topological polar surface area (TPSA) is 74.1 Å². The lowest BCUT2D eigenvalue weighted by Crippen LogP contribution is -2.38. The SMILES string of the molecule is CC(C)(CN1CCCCC1)C1=C2CC(=C1)C(C#N)=C2S(=O)(=O)c1ccccn1.FC(F)F. The fourth-order valence-electron chi connectivity index (χ4n) is 4.65.